The fourth-order valence-corrected chi connectivity index (χ4v) is 2.50. The van der Waals surface area contributed by atoms with Crippen LogP contribution in [0, 0.1) is 0 Å². The van der Waals surface area contributed by atoms with Gasteiger partial charge in [0.15, 0.2) is 5.78 Å². The van der Waals surface area contributed by atoms with Crippen LogP contribution < -0.4 is 4.74 Å². The van der Waals surface area contributed by atoms with Gasteiger partial charge in [-0.25, -0.2) is 0 Å². The van der Waals surface area contributed by atoms with E-state index in [0.717, 1.165) is 0 Å². The molecule has 0 bridgehead atoms. The van der Waals surface area contributed by atoms with E-state index in [1.54, 1.807) is 6.92 Å². The van der Waals surface area contributed by atoms with Gasteiger partial charge in [-0.15, -0.1) is 0 Å². The van der Waals surface area contributed by atoms with Crippen molar-refractivity contribution < 1.29 is 22.7 Å². The van der Waals surface area contributed by atoms with Gasteiger partial charge in [0, 0.05) is 22.2 Å². The lowest BCUT2D eigenvalue weighted by atomic mass is 10.1. The van der Waals surface area contributed by atoms with Crippen molar-refractivity contribution in [2.45, 2.75) is 23.7 Å². The van der Waals surface area contributed by atoms with Gasteiger partial charge < -0.3 is 4.74 Å². The van der Waals surface area contributed by atoms with Gasteiger partial charge in [0.1, 0.15) is 5.75 Å². The Morgan fingerprint density at radius 1 is 1.42 bits per heavy atom. The zero-order valence-corrected chi connectivity index (χ0v) is 12.5. The molecule has 0 atom stereocenters. The summed E-state index contributed by atoms with van der Waals surface area (Å²) in [4.78, 5) is 11.6. The van der Waals surface area contributed by atoms with Crippen molar-refractivity contribution >= 4 is 33.5 Å². The molecule has 0 aliphatic rings. The van der Waals surface area contributed by atoms with Crippen LogP contribution in [-0.4, -0.2) is 23.2 Å². The minimum Gasteiger partial charge on any atom is -0.494 e. The van der Waals surface area contributed by atoms with Crippen LogP contribution in [0.25, 0.3) is 0 Å². The van der Waals surface area contributed by atoms with E-state index >= 15 is 0 Å². The maximum atomic E-state index is 12.5. The van der Waals surface area contributed by atoms with E-state index < -0.39 is 5.51 Å². The van der Waals surface area contributed by atoms with Crippen LogP contribution >= 0.6 is 27.7 Å². The zero-order valence-electron chi connectivity index (χ0n) is 10.1. The van der Waals surface area contributed by atoms with Gasteiger partial charge in [0.2, 0.25) is 0 Å². The van der Waals surface area contributed by atoms with E-state index in [-0.39, 0.29) is 34.4 Å². The summed E-state index contributed by atoms with van der Waals surface area (Å²) in [5.41, 5.74) is -4.36. The molecule has 7 heteroatoms. The molecule has 0 saturated carbocycles. The summed E-state index contributed by atoms with van der Waals surface area (Å²) in [6, 6.07) is 4.14. The number of hydrogen-bond acceptors (Lipinski definition) is 3. The molecule has 1 aromatic rings. The van der Waals surface area contributed by atoms with Gasteiger partial charge in [-0.05, 0) is 36.9 Å². The van der Waals surface area contributed by atoms with Crippen molar-refractivity contribution in [2.75, 3.05) is 11.9 Å². The number of carbonyl (C=O) groups is 1. The Hall–Kier alpha value is -0.690. The van der Waals surface area contributed by atoms with Crippen LogP contribution in [0.5, 0.6) is 5.75 Å². The highest BCUT2D eigenvalue weighted by atomic mass is 79.9. The number of benzene rings is 1. The van der Waals surface area contributed by atoms with Gasteiger partial charge in [0.25, 0.3) is 0 Å². The summed E-state index contributed by atoms with van der Waals surface area (Å²) in [5.74, 6) is -0.00341. The molecule has 0 aromatic heterocycles. The van der Waals surface area contributed by atoms with Crippen molar-refractivity contribution in [3.8, 4) is 5.75 Å². The number of ketones is 1. The van der Waals surface area contributed by atoms with E-state index in [9.17, 15) is 18.0 Å². The molecule has 0 radical (unpaired) electrons. The molecule has 0 spiro atoms. The SMILES string of the molecule is CCOc1ccc(C(=O)CCBr)c(SC(F)(F)F)c1. The first-order chi connectivity index (χ1) is 8.87. The van der Waals surface area contributed by atoms with E-state index in [1.165, 1.54) is 18.2 Å². The predicted molar refractivity (Wildman–Crippen MR) is 72.3 cm³/mol. The molecule has 0 fully saturated rings. The lowest BCUT2D eigenvalue weighted by Crippen LogP contribution is -2.06. The number of thioether (sulfide) groups is 1. The Morgan fingerprint density at radius 3 is 2.63 bits per heavy atom. The van der Waals surface area contributed by atoms with Crippen molar-refractivity contribution in [2.24, 2.45) is 0 Å². The van der Waals surface area contributed by atoms with Crippen LogP contribution in [0.3, 0.4) is 0 Å². The number of hydrogen-bond donors (Lipinski definition) is 0. The third-order valence-electron chi connectivity index (χ3n) is 2.11. The molecule has 0 N–H and O–H groups in total. The minimum absolute atomic E-state index is 0.0743. The van der Waals surface area contributed by atoms with E-state index in [4.69, 9.17) is 4.74 Å². The first-order valence-electron chi connectivity index (χ1n) is 5.49. The number of alkyl halides is 4. The Kier molecular flexibility index (Phi) is 6.19. The maximum absolute atomic E-state index is 12.5. The Bertz CT molecular complexity index is 449. The van der Waals surface area contributed by atoms with Crippen molar-refractivity contribution in [3.63, 3.8) is 0 Å². The lowest BCUT2D eigenvalue weighted by molar-refractivity contribution is -0.0328. The zero-order chi connectivity index (χ0) is 14.5. The molecule has 1 rings (SSSR count). The highest BCUT2D eigenvalue weighted by Gasteiger charge is 2.31. The van der Waals surface area contributed by atoms with Crippen LogP contribution in [-0.2, 0) is 0 Å². The average molecular weight is 357 g/mol. The molecular formula is C12H12BrF3O2S. The Labute approximate surface area is 121 Å². The van der Waals surface area contributed by atoms with Crippen molar-refractivity contribution in [3.05, 3.63) is 23.8 Å². The molecule has 2 nitrogen and oxygen atoms in total. The molecule has 0 saturated heterocycles. The van der Waals surface area contributed by atoms with Crippen molar-refractivity contribution in [1.29, 1.82) is 0 Å². The third kappa shape index (κ3) is 5.44. The van der Waals surface area contributed by atoms with E-state index in [2.05, 4.69) is 15.9 Å². The first kappa shape index (κ1) is 16.4. The molecule has 0 aliphatic carbocycles. The quantitative estimate of drug-likeness (QED) is 0.421. The summed E-state index contributed by atoms with van der Waals surface area (Å²) < 4.78 is 42.6. The molecule has 106 valence electrons. The molecule has 0 amide bonds. The first-order valence-corrected chi connectivity index (χ1v) is 7.43. The second-order valence-electron chi connectivity index (χ2n) is 3.50. The van der Waals surface area contributed by atoms with Crippen LogP contribution in [0.2, 0.25) is 0 Å². The van der Waals surface area contributed by atoms with Crippen molar-refractivity contribution in [1.82, 2.24) is 0 Å². The number of halogens is 4. The lowest BCUT2D eigenvalue weighted by Gasteiger charge is -2.12. The predicted octanol–water partition coefficient (Wildman–Crippen LogP) is 4.66. The summed E-state index contributed by atoms with van der Waals surface area (Å²) in [6.07, 6.45) is 0.152. The summed E-state index contributed by atoms with van der Waals surface area (Å²) in [6.45, 7) is 2.09. The second kappa shape index (κ2) is 7.19. The summed E-state index contributed by atoms with van der Waals surface area (Å²) in [7, 11) is 0. The monoisotopic (exact) mass is 356 g/mol. The highest BCUT2D eigenvalue weighted by molar-refractivity contribution is 9.09. The maximum Gasteiger partial charge on any atom is 0.446 e. The van der Waals surface area contributed by atoms with Gasteiger partial charge in [-0.2, -0.15) is 13.2 Å². The molecule has 0 unspecified atom stereocenters. The molecule has 1 aromatic carbocycles. The highest BCUT2D eigenvalue weighted by Crippen LogP contribution is 2.40. The summed E-state index contributed by atoms with van der Waals surface area (Å²) >= 11 is 2.80. The average Bonchev–Trinajstić information content (AvgIpc) is 2.27. The van der Waals surface area contributed by atoms with Crippen LogP contribution in [0.1, 0.15) is 23.7 Å². The number of carbonyl (C=O) groups excluding carboxylic acids is 1. The molecular weight excluding hydrogens is 345 g/mol. The molecule has 0 heterocycles. The normalized spacial score (nSPS) is 11.4. The Morgan fingerprint density at radius 2 is 2.11 bits per heavy atom. The standard InChI is InChI=1S/C12H12BrF3O2S/c1-2-18-8-3-4-9(10(17)5-6-13)11(7-8)19-12(14,15)16/h3-4,7H,2,5-6H2,1H3. The number of Topliss-reactive ketones (excluding diaryl/α,β-unsaturated/α-hetero) is 1. The number of rotatable bonds is 6. The largest absolute Gasteiger partial charge is 0.494 e. The van der Waals surface area contributed by atoms with Gasteiger partial charge in [-0.1, -0.05) is 15.9 Å². The van der Waals surface area contributed by atoms with E-state index in [0.29, 0.717) is 17.7 Å². The van der Waals surface area contributed by atoms with E-state index in [1.807, 2.05) is 0 Å². The minimum atomic E-state index is -4.44. The van der Waals surface area contributed by atoms with Gasteiger partial charge in [0.05, 0.1) is 6.61 Å². The fraction of sp³-hybridized carbons (Fsp3) is 0.417. The van der Waals surface area contributed by atoms with Gasteiger partial charge >= 0.3 is 5.51 Å². The molecule has 19 heavy (non-hydrogen) atoms. The number of ether oxygens (including phenoxy) is 1. The van der Waals surface area contributed by atoms with Crippen LogP contribution in [0.15, 0.2) is 23.1 Å². The Balaban J connectivity index is 3.10. The van der Waals surface area contributed by atoms with Gasteiger partial charge in [-0.3, -0.25) is 4.79 Å². The fourth-order valence-electron chi connectivity index (χ4n) is 1.42. The molecule has 0 aliphatic heterocycles. The summed E-state index contributed by atoms with van der Waals surface area (Å²) in [5, 5.41) is 0.412. The smallest absolute Gasteiger partial charge is 0.446 e. The topological polar surface area (TPSA) is 26.3 Å². The second-order valence-corrected chi connectivity index (χ2v) is 5.40. The third-order valence-corrected chi connectivity index (χ3v) is 3.30. The van der Waals surface area contributed by atoms with Crippen LogP contribution in [0.4, 0.5) is 13.2 Å².